The van der Waals surface area contributed by atoms with Gasteiger partial charge < -0.3 is 15.0 Å². The van der Waals surface area contributed by atoms with Crippen molar-refractivity contribution < 1.29 is 9.53 Å². The molecule has 0 spiro atoms. The molecular formula is C37H57BrN2O2S. The van der Waals surface area contributed by atoms with E-state index in [9.17, 15) is 4.79 Å². The maximum atomic E-state index is 13.1. The molecule has 1 N–H and O–H groups in total. The molecule has 0 bridgehead atoms. The summed E-state index contributed by atoms with van der Waals surface area (Å²) < 4.78 is 6.33. The van der Waals surface area contributed by atoms with Crippen molar-refractivity contribution in [3.05, 3.63) is 70.3 Å². The van der Waals surface area contributed by atoms with Crippen molar-refractivity contribution in [2.45, 2.75) is 130 Å². The van der Waals surface area contributed by atoms with Crippen LogP contribution in [0.15, 0.2) is 53.6 Å². The van der Waals surface area contributed by atoms with Crippen LogP contribution in [0, 0.1) is 0 Å². The largest absolute Gasteiger partial charge is 0.493 e. The monoisotopic (exact) mass is 672 g/mol. The zero-order chi connectivity index (χ0) is 30.2. The highest BCUT2D eigenvalue weighted by molar-refractivity contribution is 8.93. The second kappa shape index (κ2) is 20.2. The number of rotatable bonds is 19. The van der Waals surface area contributed by atoms with Crippen LogP contribution in [0.3, 0.4) is 0 Å². The summed E-state index contributed by atoms with van der Waals surface area (Å²) in [5.74, 6) is 1.82. The van der Waals surface area contributed by atoms with E-state index in [1.54, 1.807) is 0 Å². The lowest BCUT2D eigenvalue weighted by molar-refractivity contribution is -0.115. The molecule has 0 radical (unpaired) electrons. The first-order chi connectivity index (χ1) is 20.2. The summed E-state index contributed by atoms with van der Waals surface area (Å²) in [6.45, 7) is 12.6. The second-order valence-corrected chi connectivity index (χ2v) is 14.2. The fourth-order valence-corrected chi connectivity index (χ4v) is 6.15. The molecule has 3 rings (SSSR count). The van der Waals surface area contributed by atoms with Gasteiger partial charge in [0.2, 0.25) is 5.91 Å². The molecule has 43 heavy (non-hydrogen) atoms. The Hall–Kier alpha value is -1.92. The number of amides is 1. The van der Waals surface area contributed by atoms with Crippen LogP contribution >= 0.6 is 28.7 Å². The number of unbranched alkanes of at least 4 members (excludes halogenated alkanes) is 11. The Morgan fingerprint density at radius 1 is 0.907 bits per heavy atom. The Labute approximate surface area is 277 Å². The third-order valence-corrected chi connectivity index (χ3v) is 8.98. The standard InChI is InChI=1S/C37H56N2O2S.BrH/c1-6-7-8-9-10-11-12-13-14-15-16-17-23-41-35-26-33(37(3,4)5)22-21-32(35)25-36(40)38-34-20-18-19-31(24-34)28-39-27-30(2)42-29-39;/h18-22,24,26-27H,6-17,23,25,28-29H2,1-5H3,(H,38,40);1H. The fourth-order valence-electron chi connectivity index (χ4n) is 5.39. The number of nitrogens with zero attached hydrogens (tertiary/aromatic N) is 1. The zero-order valence-corrected chi connectivity index (χ0v) is 30.0. The number of allylic oxidation sites excluding steroid dienone is 1. The van der Waals surface area contributed by atoms with Crippen molar-refractivity contribution in [2.75, 3.05) is 17.8 Å². The topological polar surface area (TPSA) is 41.6 Å². The molecule has 0 unspecified atom stereocenters. The van der Waals surface area contributed by atoms with Crippen molar-refractivity contribution in [3.8, 4) is 5.75 Å². The van der Waals surface area contributed by atoms with Crippen LogP contribution in [0.25, 0.3) is 0 Å². The van der Waals surface area contributed by atoms with E-state index in [0.717, 1.165) is 35.8 Å². The number of thioether (sulfide) groups is 1. The van der Waals surface area contributed by atoms with E-state index >= 15 is 0 Å². The van der Waals surface area contributed by atoms with Gasteiger partial charge in [-0.15, -0.1) is 28.7 Å². The molecule has 0 atom stereocenters. The average Bonchev–Trinajstić information content (AvgIpc) is 3.35. The van der Waals surface area contributed by atoms with Gasteiger partial charge in [0, 0.05) is 24.0 Å². The number of hydrogen-bond donors (Lipinski definition) is 1. The summed E-state index contributed by atoms with van der Waals surface area (Å²) in [4.78, 5) is 16.8. The number of hydrogen-bond acceptors (Lipinski definition) is 4. The highest BCUT2D eigenvalue weighted by Crippen LogP contribution is 2.30. The number of carbonyl (C=O) groups excluding carboxylic acids is 1. The van der Waals surface area contributed by atoms with Gasteiger partial charge in [-0.1, -0.05) is 123 Å². The smallest absolute Gasteiger partial charge is 0.228 e. The van der Waals surface area contributed by atoms with E-state index in [2.05, 4.69) is 81.4 Å². The molecule has 4 nitrogen and oxygen atoms in total. The fraction of sp³-hybridized carbons (Fsp3) is 0.595. The molecular weight excluding hydrogens is 616 g/mol. The molecule has 1 heterocycles. The van der Waals surface area contributed by atoms with E-state index in [1.807, 2.05) is 23.9 Å². The number of ether oxygens (including phenoxy) is 1. The maximum Gasteiger partial charge on any atom is 0.228 e. The third kappa shape index (κ3) is 14.6. The van der Waals surface area contributed by atoms with Gasteiger partial charge in [0.1, 0.15) is 5.75 Å². The number of carbonyl (C=O) groups is 1. The Balaban J connectivity index is 0.00000645. The van der Waals surface area contributed by atoms with Gasteiger partial charge in [-0.3, -0.25) is 4.79 Å². The summed E-state index contributed by atoms with van der Waals surface area (Å²) in [7, 11) is 0. The van der Waals surface area contributed by atoms with Crippen molar-refractivity contribution in [2.24, 2.45) is 0 Å². The third-order valence-electron chi connectivity index (χ3n) is 7.96. The van der Waals surface area contributed by atoms with Crippen LogP contribution < -0.4 is 10.1 Å². The van der Waals surface area contributed by atoms with Crippen LogP contribution in [0.4, 0.5) is 5.69 Å². The molecule has 0 fully saturated rings. The van der Waals surface area contributed by atoms with Gasteiger partial charge in [-0.25, -0.2) is 0 Å². The molecule has 0 saturated carbocycles. The van der Waals surface area contributed by atoms with Crippen molar-refractivity contribution in [1.82, 2.24) is 4.90 Å². The molecule has 0 aromatic heterocycles. The Morgan fingerprint density at radius 2 is 1.56 bits per heavy atom. The molecule has 2 aromatic carbocycles. The van der Waals surface area contributed by atoms with Crippen LogP contribution in [0.2, 0.25) is 0 Å². The van der Waals surface area contributed by atoms with Gasteiger partial charge in [-0.05, 0) is 53.0 Å². The van der Waals surface area contributed by atoms with Gasteiger partial charge >= 0.3 is 0 Å². The zero-order valence-electron chi connectivity index (χ0n) is 27.5. The Kier molecular flexibility index (Phi) is 17.5. The molecule has 0 saturated heterocycles. The SMILES string of the molecule is Br.CCCCCCCCCCCCCCOc1cc(C(C)(C)C)ccc1CC(=O)Nc1cccc(CN2C=C(C)SC2)c1. The van der Waals surface area contributed by atoms with Crippen LogP contribution in [0.1, 0.15) is 128 Å². The van der Waals surface area contributed by atoms with E-state index in [-0.39, 0.29) is 28.3 Å². The highest BCUT2D eigenvalue weighted by Gasteiger charge is 2.18. The molecule has 1 amide bonds. The first kappa shape index (κ1) is 37.3. The summed E-state index contributed by atoms with van der Waals surface area (Å²) in [6, 6.07) is 14.6. The molecule has 6 heteroatoms. The number of benzene rings is 2. The molecule has 240 valence electrons. The lowest BCUT2D eigenvalue weighted by atomic mass is 9.86. The van der Waals surface area contributed by atoms with Crippen LogP contribution in [0.5, 0.6) is 5.75 Å². The minimum absolute atomic E-state index is 0. The van der Waals surface area contributed by atoms with E-state index < -0.39 is 0 Å². The van der Waals surface area contributed by atoms with Gasteiger partial charge in [0.05, 0.1) is 18.9 Å². The minimum atomic E-state index is -0.0154. The molecule has 2 aromatic rings. The van der Waals surface area contributed by atoms with Crippen molar-refractivity contribution in [3.63, 3.8) is 0 Å². The van der Waals surface area contributed by atoms with Crippen LogP contribution in [-0.2, 0) is 23.2 Å². The summed E-state index contributed by atoms with van der Waals surface area (Å²) in [6.07, 6.45) is 18.4. The average molecular weight is 674 g/mol. The van der Waals surface area contributed by atoms with E-state index in [0.29, 0.717) is 13.0 Å². The molecule has 1 aliphatic heterocycles. The number of halogens is 1. The summed E-state index contributed by atoms with van der Waals surface area (Å²) in [5.41, 5.74) is 4.24. The molecule has 1 aliphatic rings. The first-order valence-electron chi connectivity index (χ1n) is 16.4. The minimum Gasteiger partial charge on any atom is -0.493 e. The Morgan fingerprint density at radius 3 is 2.16 bits per heavy atom. The number of nitrogens with one attached hydrogen (secondary N) is 1. The van der Waals surface area contributed by atoms with Crippen molar-refractivity contribution in [1.29, 1.82) is 0 Å². The van der Waals surface area contributed by atoms with Gasteiger partial charge in [-0.2, -0.15) is 0 Å². The lowest BCUT2D eigenvalue weighted by Gasteiger charge is -2.21. The summed E-state index contributed by atoms with van der Waals surface area (Å²) in [5, 5.41) is 3.12. The molecule has 0 aliphatic carbocycles. The Bertz CT molecular complexity index is 1130. The van der Waals surface area contributed by atoms with Gasteiger partial charge in [0.15, 0.2) is 0 Å². The quantitative estimate of drug-likeness (QED) is 0.151. The van der Waals surface area contributed by atoms with E-state index in [4.69, 9.17) is 4.74 Å². The van der Waals surface area contributed by atoms with E-state index in [1.165, 1.54) is 86.7 Å². The predicted molar refractivity (Wildman–Crippen MR) is 193 cm³/mol. The summed E-state index contributed by atoms with van der Waals surface area (Å²) >= 11 is 1.86. The highest BCUT2D eigenvalue weighted by atomic mass is 79.9. The van der Waals surface area contributed by atoms with Gasteiger partial charge in [0.25, 0.3) is 0 Å². The van der Waals surface area contributed by atoms with Crippen molar-refractivity contribution >= 4 is 40.3 Å². The second-order valence-electron chi connectivity index (χ2n) is 13.0. The normalized spacial score (nSPS) is 13.0. The lowest BCUT2D eigenvalue weighted by Crippen LogP contribution is -2.17. The maximum absolute atomic E-state index is 13.1. The first-order valence-corrected chi connectivity index (χ1v) is 17.4. The predicted octanol–water partition coefficient (Wildman–Crippen LogP) is 11.2. The number of anilines is 1. The van der Waals surface area contributed by atoms with Crippen LogP contribution in [-0.4, -0.2) is 23.3 Å².